The van der Waals surface area contributed by atoms with E-state index in [1.54, 1.807) is 6.92 Å². The molecule has 0 aromatic carbocycles. The summed E-state index contributed by atoms with van der Waals surface area (Å²) in [6, 6.07) is 0.772. The van der Waals surface area contributed by atoms with Gasteiger partial charge in [0.25, 0.3) is 0 Å². The van der Waals surface area contributed by atoms with E-state index < -0.39 is 16.0 Å². The van der Waals surface area contributed by atoms with E-state index in [0.717, 1.165) is 17.4 Å². The first-order chi connectivity index (χ1) is 8.40. The van der Waals surface area contributed by atoms with Crippen molar-refractivity contribution in [1.29, 1.82) is 0 Å². The van der Waals surface area contributed by atoms with Gasteiger partial charge in [-0.2, -0.15) is 0 Å². The van der Waals surface area contributed by atoms with Crippen molar-refractivity contribution >= 4 is 27.3 Å². The standard InChI is InChI=1S/C10H15NO5S2/c1-2-7(3-4-12)11-18(15,16)8-5-9(10(13)14)17-6-8/h5-7,11-12H,2-4H2,1H3,(H,13,14). The third-order valence-corrected chi connectivity index (χ3v) is 4.96. The van der Waals surface area contributed by atoms with E-state index in [1.807, 2.05) is 0 Å². The molecule has 0 aliphatic carbocycles. The van der Waals surface area contributed by atoms with E-state index in [4.69, 9.17) is 10.2 Å². The van der Waals surface area contributed by atoms with Crippen LogP contribution in [0.25, 0.3) is 0 Å². The van der Waals surface area contributed by atoms with Crippen LogP contribution in [-0.2, 0) is 10.0 Å². The van der Waals surface area contributed by atoms with Gasteiger partial charge in [-0.15, -0.1) is 11.3 Å². The predicted octanol–water partition coefficient (Wildman–Crippen LogP) is 0.886. The quantitative estimate of drug-likeness (QED) is 0.692. The van der Waals surface area contributed by atoms with E-state index in [2.05, 4.69) is 4.72 Å². The van der Waals surface area contributed by atoms with Crippen LogP contribution >= 0.6 is 11.3 Å². The van der Waals surface area contributed by atoms with E-state index in [-0.39, 0.29) is 22.4 Å². The van der Waals surface area contributed by atoms with Gasteiger partial charge in [-0.25, -0.2) is 17.9 Å². The Morgan fingerprint density at radius 2 is 2.22 bits per heavy atom. The smallest absolute Gasteiger partial charge is 0.345 e. The maximum Gasteiger partial charge on any atom is 0.345 e. The lowest BCUT2D eigenvalue weighted by atomic mass is 10.2. The molecule has 0 fully saturated rings. The molecule has 1 unspecified atom stereocenters. The van der Waals surface area contributed by atoms with Gasteiger partial charge in [-0.3, -0.25) is 0 Å². The number of thiophene rings is 1. The highest BCUT2D eigenvalue weighted by molar-refractivity contribution is 7.89. The molecule has 6 nitrogen and oxygen atoms in total. The van der Waals surface area contributed by atoms with Crippen molar-refractivity contribution in [2.45, 2.75) is 30.7 Å². The number of aliphatic hydroxyl groups excluding tert-OH is 1. The molecule has 0 radical (unpaired) electrons. The summed E-state index contributed by atoms with van der Waals surface area (Å²) in [5, 5.41) is 18.8. The zero-order chi connectivity index (χ0) is 13.8. The van der Waals surface area contributed by atoms with E-state index in [1.165, 1.54) is 5.38 Å². The first-order valence-corrected chi connectivity index (χ1v) is 7.72. The van der Waals surface area contributed by atoms with Crippen molar-refractivity contribution in [2.75, 3.05) is 6.61 Å². The van der Waals surface area contributed by atoms with Crippen LogP contribution in [-0.4, -0.2) is 37.2 Å². The fourth-order valence-electron chi connectivity index (χ4n) is 1.36. The van der Waals surface area contributed by atoms with E-state index in [9.17, 15) is 13.2 Å². The Balaban J connectivity index is 2.88. The van der Waals surface area contributed by atoms with Crippen LogP contribution in [0.3, 0.4) is 0 Å². The molecular weight excluding hydrogens is 278 g/mol. The summed E-state index contributed by atoms with van der Waals surface area (Å²) in [5.74, 6) is -1.15. The molecule has 102 valence electrons. The summed E-state index contributed by atoms with van der Waals surface area (Å²) >= 11 is 0.864. The van der Waals surface area contributed by atoms with Crippen molar-refractivity contribution in [3.05, 3.63) is 16.3 Å². The lowest BCUT2D eigenvalue weighted by Crippen LogP contribution is -2.34. The normalized spacial score (nSPS) is 13.4. The second kappa shape index (κ2) is 6.28. The summed E-state index contributed by atoms with van der Waals surface area (Å²) in [6.45, 7) is 1.70. The minimum atomic E-state index is -3.72. The molecule has 0 saturated heterocycles. The second-order valence-corrected chi connectivity index (χ2v) is 6.32. The van der Waals surface area contributed by atoms with Gasteiger partial charge in [-0.05, 0) is 18.9 Å². The Morgan fingerprint density at radius 3 is 2.67 bits per heavy atom. The van der Waals surface area contributed by atoms with Crippen LogP contribution in [0.5, 0.6) is 0 Å². The molecule has 8 heteroatoms. The minimum Gasteiger partial charge on any atom is -0.477 e. The SMILES string of the molecule is CCC(CCO)NS(=O)(=O)c1csc(C(=O)O)c1. The predicted molar refractivity (Wildman–Crippen MR) is 67.4 cm³/mol. The van der Waals surface area contributed by atoms with Crippen molar-refractivity contribution in [2.24, 2.45) is 0 Å². The molecule has 1 aromatic rings. The van der Waals surface area contributed by atoms with Gasteiger partial charge in [0.1, 0.15) is 4.88 Å². The Kier molecular flexibility index (Phi) is 5.27. The molecular formula is C10H15NO5S2. The summed E-state index contributed by atoms with van der Waals surface area (Å²) in [4.78, 5) is 10.6. The van der Waals surface area contributed by atoms with Gasteiger partial charge in [0.05, 0.1) is 4.90 Å². The number of carboxylic acids is 1. The maximum absolute atomic E-state index is 11.9. The maximum atomic E-state index is 11.9. The van der Waals surface area contributed by atoms with Crippen LogP contribution in [0.15, 0.2) is 16.3 Å². The number of hydrogen-bond donors (Lipinski definition) is 3. The lowest BCUT2D eigenvalue weighted by Gasteiger charge is -2.14. The topological polar surface area (TPSA) is 104 Å². The van der Waals surface area contributed by atoms with E-state index in [0.29, 0.717) is 12.8 Å². The Labute approximate surface area is 109 Å². The fraction of sp³-hybridized carbons (Fsp3) is 0.500. The lowest BCUT2D eigenvalue weighted by molar-refractivity contribution is 0.0702. The highest BCUT2D eigenvalue weighted by Crippen LogP contribution is 2.19. The molecule has 0 bridgehead atoms. The van der Waals surface area contributed by atoms with Crippen molar-refractivity contribution in [1.82, 2.24) is 4.72 Å². The Morgan fingerprint density at radius 1 is 1.56 bits per heavy atom. The summed E-state index contributed by atoms with van der Waals surface area (Å²) in [7, 11) is -3.72. The fourth-order valence-corrected chi connectivity index (χ4v) is 3.83. The number of aromatic carboxylic acids is 1. The number of carbonyl (C=O) groups is 1. The summed E-state index contributed by atoms with van der Waals surface area (Å²) in [6.07, 6.45) is 0.876. The minimum absolute atomic E-state index is 0.0226. The van der Waals surface area contributed by atoms with Gasteiger partial charge < -0.3 is 10.2 Å². The van der Waals surface area contributed by atoms with Crippen LogP contribution in [0.4, 0.5) is 0 Å². The average molecular weight is 293 g/mol. The molecule has 18 heavy (non-hydrogen) atoms. The zero-order valence-corrected chi connectivity index (χ0v) is 11.4. The van der Waals surface area contributed by atoms with Crippen LogP contribution in [0.2, 0.25) is 0 Å². The van der Waals surface area contributed by atoms with Gasteiger partial charge in [0.2, 0.25) is 10.0 Å². The van der Waals surface area contributed by atoms with Crippen LogP contribution in [0.1, 0.15) is 29.4 Å². The Hall–Kier alpha value is -0.960. The molecule has 1 aromatic heterocycles. The molecule has 3 N–H and O–H groups in total. The Bertz CT molecular complexity index is 508. The van der Waals surface area contributed by atoms with Gasteiger partial charge >= 0.3 is 5.97 Å². The average Bonchev–Trinajstić information content (AvgIpc) is 2.78. The number of aliphatic hydroxyl groups is 1. The summed E-state index contributed by atoms with van der Waals surface area (Å²) < 4.78 is 26.3. The monoisotopic (exact) mass is 293 g/mol. The number of nitrogens with one attached hydrogen (secondary N) is 1. The third-order valence-electron chi connectivity index (χ3n) is 2.39. The van der Waals surface area contributed by atoms with Gasteiger partial charge in [-0.1, -0.05) is 6.92 Å². The molecule has 1 rings (SSSR count). The van der Waals surface area contributed by atoms with Crippen LogP contribution in [0, 0.1) is 0 Å². The summed E-state index contributed by atoms with van der Waals surface area (Å²) in [5.41, 5.74) is 0. The highest BCUT2D eigenvalue weighted by atomic mass is 32.2. The van der Waals surface area contributed by atoms with Gasteiger partial charge in [0, 0.05) is 18.0 Å². The van der Waals surface area contributed by atoms with Crippen molar-refractivity contribution < 1.29 is 23.4 Å². The number of sulfonamides is 1. The van der Waals surface area contributed by atoms with E-state index >= 15 is 0 Å². The van der Waals surface area contributed by atoms with Crippen molar-refractivity contribution in [3.63, 3.8) is 0 Å². The molecule has 0 saturated carbocycles. The molecule has 0 aliphatic heterocycles. The molecule has 1 heterocycles. The third kappa shape index (κ3) is 3.77. The second-order valence-electron chi connectivity index (χ2n) is 3.69. The zero-order valence-electron chi connectivity index (χ0n) is 9.79. The van der Waals surface area contributed by atoms with Crippen molar-refractivity contribution in [3.8, 4) is 0 Å². The number of rotatable bonds is 7. The molecule has 0 aliphatic rings. The van der Waals surface area contributed by atoms with Crippen LogP contribution < -0.4 is 4.72 Å². The van der Waals surface area contributed by atoms with Gasteiger partial charge in [0.15, 0.2) is 0 Å². The molecule has 0 spiro atoms. The largest absolute Gasteiger partial charge is 0.477 e. The molecule has 1 atom stereocenters. The first kappa shape index (κ1) is 15.1. The number of carboxylic acid groups (broad SMARTS) is 1. The number of hydrogen-bond acceptors (Lipinski definition) is 5. The first-order valence-electron chi connectivity index (χ1n) is 5.35. The highest BCUT2D eigenvalue weighted by Gasteiger charge is 2.21. The molecule has 0 amide bonds.